The molecule has 0 saturated heterocycles. The number of hydrogen-bond donors (Lipinski definition) is 0. The number of aryl methyl sites for hydroxylation is 3. The van der Waals surface area contributed by atoms with Crippen molar-refractivity contribution in [2.75, 3.05) is 14.7 Å². The van der Waals surface area contributed by atoms with Gasteiger partial charge in [-0.3, -0.25) is 0 Å². The van der Waals surface area contributed by atoms with E-state index in [-0.39, 0.29) is 5.92 Å². The number of para-hydroxylation sites is 3. The second kappa shape index (κ2) is 22.7. The van der Waals surface area contributed by atoms with Crippen LogP contribution in [0.3, 0.4) is 0 Å². The summed E-state index contributed by atoms with van der Waals surface area (Å²) in [7, 11) is 0. The first-order valence-electron chi connectivity index (χ1n) is 27.3. The summed E-state index contributed by atoms with van der Waals surface area (Å²) in [6.45, 7) is 6.44. The van der Waals surface area contributed by atoms with E-state index in [1.165, 1.54) is 66.8 Å². The van der Waals surface area contributed by atoms with Crippen LogP contribution in [0, 0.1) is 20.8 Å². The zero-order valence-corrected chi connectivity index (χ0v) is 44.9. The monoisotopic (exact) mass is 1020 g/mol. The van der Waals surface area contributed by atoms with Crippen LogP contribution in [0.2, 0.25) is 0 Å². The molecule has 0 aliphatic carbocycles. The Labute approximate surface area is 466 Å². The number of rotatable bonds is 15. The molecule has 3 nitrogen and oxygen atoms in total. The summed E-state index contributed by atoms with van der Waals surface area (Å²) in [5.74, 6) is 0.000516. The minimum absolute atomic E-state index is 0.000516. The first kappa shape index (κ1) is 49.9. The fourth-order valence-electron chi connectivity index (χ4n) is 11.0. The van der Waals surface area contributed by atoms with Gasteiger partial charge in [0.15, 0.2) is 0 Å². The van der Waals surface area contributed by atoms with Gasteiger partial charge in [-0.15, -0.1) is 0 Å². The van der Waals surface area contributed by atoms with Crippen molar-refractivity contribution >= 4 is 51.2 Å². The quantitative estimate of drug-likeness (QED) is 0.0948. The molecule has 0 fully saturated rings. The fraction of sp³-hybridized carbons (Fsp3) is 0.0526. The maximum atomic E-state index is 2.32. The van der Waals surface area contributed by atoms with Crippen molar-refractivity contribution in [1.29, 1.82) is 0 Å². The normalized spacial score (nSPS) is 11.1. The van der Waals surface area contributed by atoms with Crippen molar-refractivity contribution in [2.24, 2.45) is 0 Å². The molecule has 0 aromatic heterocycles. The molecule has 0 saturated carbocycles. The van der Waals surface area contributed by atoms with Gasteiger partial charge in [0.25, 0.3) is 0 Å². The van der Waals surface area contributed by atoms with Crippen molar-refractivity contribution in [1.82, 2.24) is 0 Å². The molecule has 0 aliphatic rings. The maximum Gasteiger partial charge on any atom is 0.0464 e. The molecule has 0 amide bonds. The molecular weight excluding hydrogens is 955 g/mol. The zero-order chi connectivity index (χ0) is 53.5. The first-order valence-corrected chi connectivity index (χ1v) is 27.3. The van der Waals surface area contributed by atoms with Gasteiger partial charge in [-0.05, 0) is 197 Å². The molecular formula is C76H61N3. The Bertz CT molecular complexity index is 3510. The lowest BCUT2D eigenvalue weighted by Crippen LogP contribution is -2.09. The van der Waals surface area contributed by atoms with E-state index < -0.39 is 0 Å². The molecule has 0 unspecified atom stereocenters. The highest BCUT2D eigenvalue weighted by atomic mass is 15.2. The zero-order valence-electron chi connectivity index (χ0n) is 44.9. The lowest BCUT2D eigenvalue weighted by Gasteiger charge is -2.26. The molecule has 380 valence electrons. The standard InChI is InChI=1S/C76H61N3/c1-55-16-13-25-73(52-55)77(67-19-7-4-8-20-67)70-46-40-61(41-47-70)58-28-34-64(35-29-58)76(65-36-30-59(31-37-65)62-42-48-71(49-43-62)78(68-21-9-5-10-22-68)74-26-14-17-56(2)53-74)66-38-32-60(33-39-66)63-44-50-72(51-45-63)79(69-23-11-6-12-24-69)75-27-15-18-57(3)54-75/h4-54,76H,1-3H3. The van der Waals surface area contributed by atoms with Crippen LogP contribution in [-0.2, 0) is 0 Å². The maximum absolute atomic E-state index is 2.32. The van der Waals surface area contributed by atoms with E-state index >= 15 is 0 Å². The minimum atomic E-state index is 0.000516. The lowest BCUT2D eigenvalue weighted by atomic mass is 9.83. The molecule has 0 heterocycles. The first-order chi connectivity index (χ1) is 38.9. The molecule has 12 aromatic rings. The van der Waals surface area contributed by atoms with Crippen LogP contribution in [0.4, 0.5) is 51.2 Å². The van der Waals surface area contributed by atoms with Crippen LogP contribution in [-0.4, -0.2) is 0 Å². The highest BCUT2D eigenvalue weighted by Crippen LogP contribution is 2.41. The Morgan fingerprint density at radius 1 is 0.190 bits per heavy atom. The third-order valence-electron chi connectivity index (χ3n) is 14.9. The molecule has 3 heteroatoms. The van der Waals surface area contributed by atoms with Gasteiger partial charge >= 0.3 is 0 Å². The summed E-state index contributed by atoms with van der Waals surface area (Å²) in [5, 5.41) is 0. The van der Waals surface area contributed by atoms with E-state index in [4.69, 9.17) is 0 Å². The summed E-state index contributed by atoms with van der Waals surface area (Å²) in [6, 6.07) is 112. The third kappa shape index (κ3) is 11.0. The van der Waals surface area contributed by atoms with Crippen molar-refractivity contribution in [3.63, 3.8) is 0 Å². The highest BCUT2D eigenvalue weighted by molar-refractivity contribution is 5.82. The number of nitrogens with zero attached hydrogens (tertiary/aromatic N) is 3. The van der Waals surface area contributed by atoms with Gasteiger partial charge in [0.05, 0.1) is 0 Å². The molecule has 79 heavy (non-hydrogen) atoms. The van der Waals surface area contributed by atoms with Crippen LogP contribution < -0.4 is 14.7 Å². The summed E-state index contributed by atoms with van der Waals surface area (Å²) < 4.78 is 0. The van der Waals surface area contributed by atoms with Gasteiger partial charge in [-0.2, -0.15) is 0 Å². The average Bonchev–Trinajstić information content (AvgIpc) is 3.53. The Morgan fingerprint density at radius 3 is 0.620 bits per heavy atom. The Morgan fingerprint density at radius 2 is 0.392 bits per heavy atom. The van der Waals surface area contributed by atoms with Crippen molar-refractivity contribution < 1.29 is 0 Å². The van der Waals surface area contributed by atoms with Crippen LogP contribution >= 0.6 is 0 Å². The van der Waals surface area contributed by atoms with Crippen LogP contribution in [0.15, 0.2) is 309 Å². The topological polar surface area (TPSA) is 9.72 Å². The fourth-order valence-corrected chi connectivity index (χ4v) is 11.0. The van der Waals surface area contributed by atoms with Gasteiger partial charge in [0.1, 0.15) is 0 Å². The predicted molar refractivity (Wildman–Crippen MR) is 335 cm³/mol. The van der Waals surface area contributed by atoms with Gasteiger partial charge in [0, 0.05) is 57.1 Å². The van der Waals surface area contributed by atoms with Crippen LogP contribution in [0.5, 0.6) is 0 Å². The smallest absolute Gasteiger partial charge is 0.0464 e. The van der Waals surface area contributed by atoms with Crippen molar-refractivity contribution in [3.8, 4) is 33.4 Å². The Kier molecular flexibility index (Phi) is 14.3. The van der Waals surface area contributed by atoms with E-state index in [2.05, 4.69) is 345 Å². The van der Waals surface area contributed by atoms with Gasteiger partial charge in [-0.1, -0.05) is 200 Å². The lowest BCUT2D eigenvalue weighted by molar-refractivity contribution is 0.978. The van der Waals surface area contributed by atoms with E-state index in [0.29, 0.717) is 0 Å². The van der Waals surface area contributed by atoms with E-state index in [0.717, 1.165) is 51.2 Å². The second-order valence-electron chi connectivity index (χ2n) is 20.5. The third-order valence-corrected chi connectivity index (χ3v) is 14.9. The largest absolute Gasteiger partial charge is 0.310 e. The minimum Gasteiger partial charge on any atom is -0.310 e. The molecule has 0 radical (unpaired) electrons. The van der Waals surface area contributed by atoms with E-state index in [1.54, 1.807) is 0 Å². The Hall–Kier alpha value is -9.96. The summed E-state index contributed by atoms with van der Waals surface area (Å²) >= 11 is 0. The summed E-state index contributed by atoms with van der Waals surface area (Å²) in [6.07, 6.45) is 0. The van der Waals surface area contributed by atoms with Crippen molar-refractivity contribution in [2.45, 2.75) is 26.7 Å². The molecule has 0 bridgehead atoms. The second-order valence-corrected chi connectivity index (χ2v) is 20.5. The molecule has 12 aromatic carbocycles. The molecule has 0 aliphatic heterocycles. The highest BCUT2D eigenvalue weighted by Gasteiger charge is 2.20. The summed E-state index contributed by atoms with van der Waals surface area (Å²) in [4.78, 5) is 6.97. The Balaban J connectivity index is 0.854. The van der Waals surface area contributed by atoms with Crippen LogP contribution in [0.1, 0.15) is 39.3 Å². The van der Waals surface area contributed by atoms with Crippen LogP contribution in [0.25, 0.3) is 33.4 Å². The number of hydrogen-bond acceptors (Lipinski definition) is 3. The molecule has 0 atom stereocenters. The predicted octanol–water partition coefficient (Wildman–Crippen LogP) is 21.2. The van der Waals surface area contributed by atoms with E-state index in [9.17, 15) is 0 Å². The molecule has 12 rings (SSSR count). The van der Waals surface area contributed by atoms with Gasteiger partial charge in [0.2, 0.25) is 0 Å². The average molecular weight is 1020 g/mol. The van der Waals surface area contributed by atoms with Crippen molar-refractivity contribution in [3.05, 3.63) is 343 Å². The van der Waals surface area contributed by atoms with E-state index in [1.807, 2.05) is 0 Å². The molecule has 0 spiro atoms. The summed E-state index contributed by atoms with van der Waals surface area (Å²) in [5.41, 5.74) is 24.6. The van der Waals surface area contributed by atoms with Gasteiger partial charge < -0.3 is 14.7 Å². The number of anilines is 9. The molecule has 0 N–H and O–H groups in total. The van der Waals surface area contributed by atoms with Gasteiger partial charge in [-0.25, -0.2) is 0 Å². The SMILES string of the molecule is Cc1cccc(N(c2ccccc2)c2ccc(-c3ccc(C(c4ccc(-c5ccc(N(c6ccccc6)c6cccc(C)c6)cc5)cc4)c4ccc(-c5ccc(N(c6ccccc6)c6cccc(C)c6)cc5)cc4)cc3)cc2)c1. The number of benzene rings is 12.